The van der Waals surface area contributed by atoms with Crippen molar-refractivity contribution >= 4 is 46.0 Å². The molecule has 24 heavy (non-hydrogen) atoms. The zero-order valence-corrected chi connectivity index (χ0v) is 16.9. The van der Waals surface area contributed by atoms with Crippen molar-refractivity contribution in [3.05, 3.63) is 65.0 Å². The molecule has 2 aromatic rings. The Hall–Kier alpha value is -1.15. The van der Waals surface area contributed by atoms with Crippen LogP contribution in [0.5, 0.6) is 0 Å². The van der Waals surface area contributed by atoms with E-state index < -0.39 is 0 Å². The van der Waals surface area contributed by atoms with Gasteiger partial charge in [0.2, 0.25) is 0 Å². The van der Waals surface area contributed by atoms with Gasteiger partial charge in [0.25, 0.3) is 0 Å². The summed E-state index contributed by atoms with van der Waals surface area (Å²) < 4.78 is 0. The minimum Gasteiger partial charge on any atom is -0.358 e. The van der Waals surface area contributed by atoms with Crippen LogP contribution in [0.25, 0.3) is 0 Å². The van der Waals surface area contributed by atoms with E-state index in [9.17, 15) is 0 Å². The predicted octanol–water partition coefficient (Wildman–Crippen LogP) is 6.94. The van der Waals surface area contributed by atoms with Crippen LogP contribution in [0, 0.1) is 21.3 Å². The molecule has 0 aliphatic carbocycles. The van der Waals surface area contributed by atoms with E-state index in [1.807, 2.05) is 64.1 Å². The van der Waals surface area contributed by atoms with Crippen molar-refractivity contribution in [3.8, 4) is 0 Å². The van der Waals surface area contributed by atoms with Crippen LogP contribution in [0.3, 0.4) is 0 Å². The maximum Gasteiger partial charge on any atom is 2.00 e. The first-order valence-corrected chi connectivity index (χ1v) is 7.77. The van der Waals surface area contributed by atoms with E-state index in [-0.39, 0.29) is 23.9 Å². The van der Waals surface area contributed by atoms with E-state index in [0.29, 0.717) is 10.0 Å². The van der Waals surface area contributed by atoms with E-state index in [1.54, 1.807) is 0 Å². The summed E-state index contributed by atoms with van der Waals surface area (Å²) >= 11 is 12.4. The molecule has 0 bridgehead atoms. The fourth-order valence-electron chi connectivity index (χ4n) is 2.03. The molecule has 2 nitrogen and oxygen atoms in total. The standard InChI is InChI=1S/C18H18Cl2N2.CH3.Ni/c1-11-7-5-9-15(19)17(11)21-13(3)14(4)22-18-12(2)8-6-10-16(18)20;;/h5-10H,1-4H3;1H3;/q;-1;+2. The van der Waals surface area contributed by atoms with Crippen molar-refractivity contribution < 1.29 is 16.5 Å². The monoisotopic (exact) mass is 405 g/mol. The number of rotatable bonds is 3. The quantitative estimate of drug-likeness (QED) is 0.299. The molecule has 0 aliphatic heterocycles. The minimum absolute atomic E-state index is 0. The van der Waals surface area contributed by atoms with Crippen LogP contribution in [0.1, 0.15) is 25.0 Å². The van der Waals surface area contributed by atoms with Crippen molar-refractivity contribution in [2.24, 2.45) is 9.98 Å². The second kappa shape index (κ2) is 9.98. The summed E-state index contributed by atoms with van der Waals surface area (Å²) in [6.45, 7) is 7.83. The van der Waals surface area contributed by atoms with Crippen molar-refractivity contribution in [2.45, 2.75) is 27.7 Å². The summed E-state index contributed by atoms with van der Waals surface area (Å²) in [7, 11) is 0. The Labute approximate surface area is 164 Å². The van der Waals surface area contributed by atoms with Gasteiger partial charge in [-0.15, -0.1) is 0 Å². The van der Waals surface area contributed by atoms with Crippen LogP contribution in [-0.2, 0) is 16.5 Å². The van der Waals surface area contributed by atoms with Gasteiger partial charge in [0, 0.05) is 0 Å². The van der Waals surface area contributed by atoms with Gasteiger partial charge in [-0.2, -0.15) is 0 Å². The Morgan fingerprint density at radius 1 is 0.750 bits per heavy atom. The molecule has 0 unspecified atom stereocenters. The van der Waals surface area contributed by atoms with Crippen molar-refractivity contribution in [1.29, 1.82) is 0 Å². The van der Waals surface area contributed by atoms with E-state index in [4.69, 9.17) is 23.2 Å². The molecule has 5 heteroatoms. The first kappa shape index (κ1) is 22.9. The molecule has 0 atom stereocenters. The minimum atomic E-state index is 0. The van der Waals surface area contributed by atoms with Crippen molar-refractivity contribution in [2.75, 3.05) is 0 Å². The topological polar surface area (TPSA) is 24.7 Å². The number of hydrogen-bond donors (Lipinski definition) is 0. The Morgan fingerprint density at radius 3 is 1.38 bits per heavy atom. The summed E-state index contributed by atoms with van der Waals surface area (Å²) in [5.74, 6) is 0. The number of nitrogens with zero attached hydrogens (tertiary/aromatic N) is 2. The third kappa shape index (κ3) is 5.44. The zero-order valence-electron chi connectivity index (χ0n) is 14.4. The summed E-state index contributed by atoms with van der Waals surface area (Å²) in [5, 5.41) is 1.28. The van der Waals surface area contributed by atoms with Crippen LogP contribution in [0.2, 0.25) is 10.0 Å². The number of para-hydroxylation sites is 2. The molecule has 0 saturated heterocycles. The third-order valence-electron chi connectivity index (χ3n) is 3.46. The van der Waals surface area contributed by atoms with E-state index in [2.05, 4.69) is 9.98 Å². The van der Waals surface area contributed by atoms with Crippen LogP contribution < -0.4 is 0 Å². The first-order valence-electron chi connectivity index (χ1n) is 7.01. The first-order chi connectivity index (χ1) is 10.4. The molecule has 2 aromatic carbocycles. The van der Waals surface area contributed by atoms with Gasteiger partial charge >= 0.3 is 16.5 Å². The second-order valence-corrected chi connectivity index (χ2v) is 6.02. The molecule has 0 heterocycles. The number of aryl methyl sites for hydroxylation is 2. The van der Waals surface area contributed by atoms with Gasteiger partial charge in [0.1, 0.15) is 0 Å². The second-order valence-electron chi connectivity index (χ2n) is 5.21. The van der Waals surface area contributed by atoms with Gasteiger partial charge < -0.3 is 7.43 Å². The number of hydrogen-bond acceptors (Lipinski definition) is 2. The Morgan fingerprint density at radius 2 is 1.08 bits per heavy atom. The average Bonchev–Trinajstić information content (AvgIpc) is 2.46. The summed E-state index contributed by atoms with van der Waals surface area (Å²) in [4.78, 5) is 9.25. The number of benzene rings is 2. The molecule has 0 spiro atoms. The molecule has 0 N–H and O–H groups in total. The van der Waals surface area contributed by atoms with E-state index >= 15 is 0 Å². The molecule has 2 rings (SSSR count). The fourth-order valence-corrected chi connectivity index (χ4v) is 2.55. The van der Waals surface area contributed by atoms with Gasteiger partial charge in [-0.25, -0.2) is 0 Å². The maximum atomic E-state index is 6.22. The fraction of sp³-hybridized carbons (Fsp3) is 0.211. The summed E-state index contributed by atoms with van der Waals surface area (Å²) in [5.41, 5.74) is 5.27. The Kier molecular flexibility index (Phi) is 9.51. The predicted molar refractivity (Wildman–Crippen MR) is 104 cm³/mol. The molecular formula is C19H21Cl2N2Ni+. The maximum absolute atomic E-state index is 6.22. The molecule has 0 saturated carbocycles. The van der Waals surface area contributed by atoms with Crippen LogP contribution in [0.15, 0.2) is 46.4 Å². The van der Waals surface area contributed by atoms with E-state index in [1.165, 1.54) is 0 Å². The number of aliphatic imine (C=N–C) groups is 2. The van der Waals surface area contributed by atoms with E-state index in [0.717, 1.165) is 33.9 Å². The van der Waals surface area contributed by atoms with Gasteiger partial charge in [-0.05, 0) is 51.0 Å². The molecular weight excluding hydrogens is 386 g/mol. The smallest absolute Gasteiger partial charge is 0.358 e. The third-order valence-corrected chi connectivity index (χ3v) is 4.07. The molecule has 0 fully saturated rings. The summed E-state index contributed by atoms with van der Waals surface area (Å²) in [6.07, 6.45) is 0. The van der Waals surface area contributed by atoms with Gasteiger partial charge in [0.15, 0.2) is 0 Å². The van der Waals surface area contributed by atoms with Crippen LogP contribution in [0.4, 0.5) is 11.4 Å². The molecule has 130 valence electrons. The van der Waals surface area contributed by atoms with Gasteiger partial charge in [0.05, 0.1) is 32.8 Å². The summed E-state index contributed by atoms with van der Waals surface area (Å²) in [6, 6.07) is 11.5. The SMILES string of the molecule is CC(=Nc1c(C)cccc1Cl)C(C)=Nc1c(C)cccc1Cl.[CH3-].[Ni+2]. The Bertz CT molecular complexity index is 662. The molecule has 0 amide bonds. The van der Waals surface area contributed by atoms with Crippen molar-refractivity contribution in [3.63, 3.8) is 0 Å². The normalized spacial score (nSPS) is 11.6. The molecule has 0 radical (unpaired) electrons. The molecule has 0 aromatic heterocycles. The van der Waals surface area contributed by atoms with Crippen LogP contribution >= 0.6 is 23.2 Å². The zero-order chi connectivity index (χ0) is 16.3. The Balaban J connectivity index is 0.00000264. The van der Waals surface area contributed by atoms with Crippen LogP contribution in [-0.4, -0.2) is 11.4 Å². The largest absolute Gasteiger partial charge is 2.00 e. The van der Waals surface area contributed by atoms with Crippen molar-refractivity contribution in [1.82, 2.24) is 0 Å². The van der Waals surface area contributed by atoms with Gasteiger partial charge in [-0.3, -0.25) is 9.98 Å². The number of halogens is 2. The van der Waals surface area contributed by atoms with Gasteiger partial charge in [-0.1, -0.05) is 47.5 Å². The molecule has 0 aliphatic rings. The average molecular weight is 407 g/mol.